The summed E-state index contributed by atoms with van der Waals surface area (Å²) in [5.41, 5.74) is 0. The van der Waals surface area contributed by atoms with Crippen LogP contribution in [0, 0.1) is 0 Å². The summed E-state index contributed by atoms with van der Waals surface area (Å²) < 4.78 is 23.5. The Bertz CT molecular complexity index is 1440. The topological polar surface area (TPSA) is 108 Å². The third-order valence-corrected chi connectivity index (χ3v) is 17.0. The number of hydrogen-bond acceptors (Lipinski definition) is 6. The number of aliphatic hydroxyl groups excluding tert-OH is 1. The number of allylic oxidation sites excluding steroid dienone is 8. The molecule has 80 heavy (non-hydrogen) atoms. The van der Waals surface area contributed by atoms with Crippen LogP contribution >= 0.6 is 7.82 Å². The number of phosphoric ester groups is 1. The number of amides is 1. The maximum absolute atomic E-state index is 13.0. The van der Waals surface area contributed by atoms with Crippen molar-refractivity contribution in [3.8, 4) is 0 Å². The fourth-order valence-electron chi connectivity index (χ4n) is 10.7. The van der Waals surface area contributed by atoms with Crippen molar-refractivity contribution in [3.05, 3.63) is 48.6 Å². The van der Waals surface area contributed by atoms with Crippen LogP contribution in [0.1, 0.15) is 348 Å². The molecule has 0 rings (SSSR count). The van der Waals surface area contributed by atoms with E-state index < -0.39 is 20.0 Å². The Morgan fingerprint density at radius 2 is 0.762 bits per heavy atom. The number of quaternary nitrogens is 1. The van der Waals surface area contributed by atoms with Crippen molar-refractivity contribution in [1.82, 2.24) is 5.32 Å². The van der Waals surface area contributed by atoms with E-state index in [1.54, 1.807) is 0 Å². The lowest BCUT2D eigenvalue weighted by molar-refractivity contribution is -0.870. The first-order valence-electron chi connectivity index (χ1n) is 35.0. The summed E-state index contributed by atoms with van der Waals surface area (Å²) in [6, 6.07) is -0.799. The number of hydrogen-bond donors (Lipinski definition) is 2. The van der Waals surface area contributed by atoms with E-state index in [1.165, 1.54) is 257 Å². The normalized spacial score (nSPS) is 13.9. The molecule has 0 aliphatic carbocycles. The number of nitrogens with one attached hydrogen (secondary N) is 1. The molecule has 3 atom stereocenters. The molecule has 2 N–H and O–H groups in total. The second-order valence-electron chi connectivity index (χ2n) is 25.2. The van der Waals surface area contributed by atoms with Gasteiger partial charge >= 0.3 is 0 Å². The summed E-state index contributed by atoms with van der Waals surface area (Å²) >= 11 is 0. The summed E-state index contributed by atoms with van der Waals surface area (Å²) in [6.07, 6.45) is 83.4. The monoisotopic (exact) mass is 1150 g/mol. The highest BCUT2D eigenvalue weighted by molar-refractivity contribution is 7.45. The predicted octanol–water partition coefficient (Wildman–Crippen LogP) is 21.6. The molecule has 0 spiro atoms. The minimum atomic E-state index is -4.58. The molecule has 1 amide bonds. The Balaban J connectivity index is 3.90. The maximum atomic E-state index is 13.0. The molecule has 0 heterocycles. The molecule has 8 nitrogen and oxygen atoms in total. The molecule has 472 valence electrons. The van der Waals surface area contributed by atoms with Crippen LogP contribution in [0.4, 0.5) is 0 Å². The van der Waals surface area contributed by atoms with Crippen molar-refractivity contribution in [2.45, 2.75) is 360 Å². The molecule has 9 heteroatoms. The van der Waals surface area contributed by atoms with Gasteiger partial charge in [-0.05, 0) is 51.4 Å². The third-order valence-electron chi connectivity index (χ3n) is 16.1. The van der Waals surface area contributed by atoms with Crippen LogP contribution in [0.5, 0.6) is 0 Å². The van der Waals surface area contributed by atoms with Crippen LogP contribution < -0.4 is 10.2 Å². The predicted molar refractivity (Wildman–Crippen MR) is 348 cm³/mol. The van der Waals surface area contributed by atoms with Crippen molar-refractivity contribution >= 4 is 13.7 Å². The molecule has 0 aromatic carbocycles. The molecule has 0 radical (unpaired) electrons. The molecule has 0 aromatic rings. The van der Waals surface area contributed by atoms with E-state index >= 15 is 0 Å². The molecule has 0 aliphatic heterocycles. The number of unbranched alkanes of at least 4 members (excludes halogenated alkanes) is 44. The number of rotatable bonds is 65. The standard InChI is InChI=1S/C71H137N2O6P/c1-6-8-10-12-14-16-18-20-22-24-26-27-28-29-30-31-32-33-34-35-36-37-38-39-40-41-42-43-44-45-47-49-51-53-55-57-59-61-63-65-71(75)72-69(68-79-80(76,77)78-67-66-73(3,4)5)70(74)64-62-60-58-56-54-52-50-48-46-25-23-21-19-17-15-13-11-9-7-2/h8,10,14,16,20,22,26-27,69-70,74H,6-7,9,11-13,15,17-19,21,23-25,28-68H2,1-5H3,(H-,72,75,76,77)/b10-8-,16-14-,22-20-,27-26-. The summed E-state index contributed by atoms with van der Waals surface area (Å²) in [5.74, 6) is -0.157. The van der Waals surface area contributed by atoms with E-state index in [0.29, 0.717) is 23.9 Å². The molecular formula is C71H137N2O6P. The van der Waals surface area contributed by atoms with E-state index in [-0.39, 0.29) is 19.1 Å². The average molecular weight is 1150 g/mol. The van der Waals surface area contributed by atoms with Gasteiger partial charge in [0.1, 0.15) is 13.2 Å². The average Bonchev–Trinajstić information content (AvgIpc) is 3.42. The van der Waals surface area contributed by atoms with Gasteiger partial charge in [0.2, 0.25) is 5.91 Å². The zero-order valence-electron chi connectivity index (χ0n) is 54.0. The Morgan fingerprint density at radius 1 is 0.450 bits per heavy atom. The van der Waals surface area contributed by atoms with E-state index in [1.807, 2.05) is 21.1 Å². The third kappa shape index (κ3) is 64.0. The van der Waals surface area contributed by atoms with Crippen molar-refractivity contribution < 1.29 is 32.9 Å². The van der Waals surface area contributed by atoms with E-state index in [9.17, 15) is 19.4 Å². The van der Waals surface area contributed by atoms with Crippen molar-refractivity contribution in [1.29, 1.82) is 0 Å². The van der Waals surface area contributed by atoms with Gasteiger partial charge in [0.15, 0.2) is 0 Å². The summed E-state index contributed by atoms with van der Waals surface area (Å²) in [4.78, 5) is 25.6. The second kappa shape index (κ2) is 62.0. The Hall–Kier alpha value is -1.54. The highest BCUT2D eigenvalue weighted by atomic mass is 31.2. The first-order valence-corrected chi connectivity index (χ1v) is 36.4. The van der Waals surface area contributed by atoms with Crippen LogP contribution in [0.15, 0.2) is 48.6 Å². The van der Waals surface area contributed by atoms with E-state index in [2.05, 4.69) is 67.8 Å². The quantitative estimate of drug-likeness (QED) is 0.0272. The summed E-state index contributed by atoms with van der Waals surface area (Å²) in [6.45, 7) is 4.66. The molecule has 0 aliphatic rings. The van der Waals surface area contributed by atoms with Crippen LogP contribution in [-0.2, 0) is 18.4 Å². The number of carbonyl (C=O) groups is 1. The minimum absolute atomic E-state index is 0.0146. The van der Waals surface area contributed by atoms with Crippen molar-refractivity contribution in [2.24, 2.45) is 0 Å². The lowest BCUT2D eigenvalue weighted by Crippen LogP contribution is -2.46. The SMILES string of the molecule is CC/C=C\C/C=C\C/C=C\C/C=C\CCCCCCCCCCCCCCCCCCCCCCCCCCCCC(=O)NC(COP(=O)([O-])OCC[N+](C)(C)C)C(O)CCCCCCCCCCCCCCCCCCCCC. The van der Waals surface area contributed by atoms with E-state index in [0.717, 1.165) is 64.2 Å². The molecule has 3 unspecified atom stereocenters. The Kier molecular flexibility index (Phi) is 60.8. The van der Waals surface area contributed by atoms with Gasteiger partial charge in [0.25, 0.3) is 7.82 Å². The fraction of sp³-hybridized carbons (Fsp3) is 0.873. The smallest absolute Gasteiger partial charge is 0.268 e. The van der Waals surface area contributed by atoms with Gasteiger partial charge in [-0.3, -0.25) is 9.36 Å². The minimum Gasteiger partial charge on any atom is -0.756 e. The Morgan fingerprint density at radius 3 is 1.11 bits per heavy atom. The second-order valence-corrected chi connectivity index (χ2v) is 26.6. The molecule has 0 saturated carbocycles. The highest BCUT2D eigenvalue weighted by Gasteiger charge is 2.24. The zero-order chi connectivity index (χ0) is 58.4. The van der Waals surface area contributed by atoms with Gasteiger partial charge in [-0.15, -0.1) is 0 Å². The molecule has 0 fully saturated rings. The lowest BCUT2D eigenvalue weighted by Gasteiger charge is -2.30. The highest BCUT2D eigenvalue weighted by Crippen LogP contribution is 2.38. The first kappa shape index (κ1) is 78.5. The number of likely N-dealkylation sites (N-methyl/N-ethyl adjacent to an activating group) is 1. The fourth-order valence-corrected chi connectivity index (χ4v) is 11.4. The van der Waals surface area contributed by atoms with Crippen LogP contribution in [0.3, 0.4) is 0 Å². The first-order chi connectivity index (χ1) is 39.0. The largest absolute Gasteiger partial charge is 0.756 e. The van der Waals surface area contributed by atoms with Crippen LogP contribution in [-0.4, -0.2) is 68.5 Å². The van der Waals surface area contributed by atoms with Crippen molar-refractivity contribution in [2.75, 3.05) is 40.9 Å². The Labute approximate surface area is 499 Å². The maximum Gasteiger partial charge on any atom is 0.268 e. The van der Waals surface area contributed by atoms with Gasteiger partial charge in [-0.2, -0.15) is 0 Å². The van der Waals surface area contributed by atoms with Gasteiger partial charge < -0.3 is 28.8 Å². The number of carbonyl (C=O) groups excluding carboxylic acids is 1. The molecule has 0 aromatic heterocycles. The summed E-state index contributed by atoms with van der Waals surface area (Å²) in [5, 5.41) is 14.1. The molecule has 0 saturated heterocycles. The van der Waals surface area contributed by atoms with Crippen molar-refractivity contribution in [3.63, 3.8) is 0 Å². The van der Waals surface area contributed by atoms with Crippen LogP contribution in [0.25, 0.3) is 0 Å². The van der Waals surface area contributed by atoms with Gasteiger partial charge in [0.05, 0.1) is 39.9 Å². The van der Waals surface area contributed by atoms with Crippen LogP contribution in [0.2, 0.25) is 0 Å². The molecule has 0 bridgehead atoms. The van der Waals surface area contributed by atoms with E-state index in [4.69, 9.17) is 9.05 Å². The van der Waals surface area contributed by atoms with Gasteiger partial charge in [-0.1, -0.05) is 339 Å². The zero-order valence-corrected chi connectivity index (χ0v) is 54.9. The number of phosphoric acid groups is 1. The number of aliphatic hydroxyl groups is 1. The lowest BCUT2D eigenvalue weighted by atomic mass is 10.0. The summed E-state index contributed by atoms with van der Waals surface area (Å²) in [7, 11) is 1.32. The number of nitrogens with zero attached hydrogens (tertiary/aromatic N) is 1. The molecular weight excluding hydrogens is 1010 g/mol. The van der Waals surface area contributed by atoms with Gasteiger partial charge in [0, 0.05) is 6.42 Å². The van der Waals surface area contributed by atoms with Gasteiger partial charge in [-0.25, -0.2) is 0 Å².